The second kappa shape index (κ2) is 6.28. The molecule has 0 fully saturated rings. The lowest BCUT2D eigenvalue weighted by atomic mass is 10.1. The number of alkyl halides is 2. The van der Waals surface area contributed by atoms with Gasteiger partial charge in [0.1, 0.15) is 11.5 Å². The lowest BCUT2D eigenvalue weighted by molar-refractivity contribution is 0.226. The van der Waals surface area contributed by atoms with Crippen molar-refractivity contribution in [1.82, 2.24) is 0 Å². The number of aryl methyl sites for hydroxylation is 1. The lowest BCUT2D eigenvalue weighted by Gasteiger charge is -2.07. The van der Waals surface area contributed by atoms with Gasteiger partial charge in [0.05, 0.1) is 12.8 Å². The number of nitrogens with zero attached hydrogens (tertiary/aromatic N) is 1. The molecule has 0 heterocycles. The Bertz CT molecular complexity index is 589. The minimum absolute atomic E-state index is 0.227. The van der Waals surface area contributed by atoms with Crippen molar-refractivity contribution in [1.29, 1.82) is 0 Å². The maximum atomic E-state index is 13.2. The normalized spacial score (nSPS) is 11.8. The molecule has 20 heavy (non-hydrogen) atoms. The summed E-state index contributed by atoms with van der Waals surface area (Å²) in [6, 6.07) is 13.6. The van der Waals surface area contributed by atoms with Gasteiger partial charge in [0.15, 0.2) is 0 Å². The zero-order chi connectivity index (χ0) is 14.5. The van der Waals surface area contributed by atoms with E-state index < -0.39 is 6.43 Å². The second-order valence-electron chi connectivity index (χ2n) is 4.36. The molecule has 2 rings (SSSR count). The average Bonchev–Trinajstić information content (AvgIpc) is 2.46. The Hall–Kier alpha value is -2.23. The summed E-state index contributed by atoms with van der Waals surface area (Å²) in [4.78, 5) is 4.04. The van der Waals surface area contributed by atoms with Crippen LogP contribution in [0, 0.1) is 6.92 Å². The van der Waals surface area contributed by atoms with Gasteiger partial charge in [-0.3, -0.25) is 0 Å². The van der Waals surface area contributed by atoms with E-state index in [4.69, 9.17) is 4.74 Å². The lowest BCUT2D eigenvalue weighted by Crippen LogP contribution is -2.11. The summed E-state index contributed by atoms with van der Waals surface area (Å²) in [6.07, 6.45) is -2.63. The predicted octanol–water partition coefficient (Wildman–Crippen LogP) is 4.39. The van der Waals surface area contributed by atoms with Gasteiger partial charge in [0, 0.05) is 5.56 Å². The Labute approximate surface area is 116 Å². The molecule has 0 aliphatic carbocycles. The quantitative estimate of drug-likeness (QED) is 0.758. The minimum Gasteiger partial charge on any atom is -0.497 e. The summed E-state index contributed by atoms with van der Waals surface area (Å²) in [5.41, 5.74) is 1.70. The van der Waals surface area contributed by atoms with E-state index in [1.165, 1.54) is 0 Å². The molecule has 2 aromatic rings. The Balaban J connectivity index is 2.36. The van der Waals surface area contributed by atoms with Crippen molar-refractivity contribution >= 4 is 11.4 Å². The van der Waals surface area contributed by atoms with Crippen molar-refractivity contribution in [2.45, 2.75) is 13.3 Å². The van der Waals surface area contributed by atoms with E-state index in [-0.39, 0.29) is 5.71 Å². The molecular weight excluding hydrogens is 260 g/mol. The van der Waals surface area contributed by atoms with Crippen LogP contribution in [0.5, 0.6) is 5.75 Å². The first-order valence-electron chi connectivity index (χ1n) is 6.18. The molecule has 0 saturated heterocycles. The highest BCUT2D eigenvalue weighted by Gasteiger charge is 2.15. The topological polar surface area (TPSA) is 21.6 Å². The van der Waals surface area contributed by atoms with E-state index in [0.717, 1.165) is 5.56 Å². The largest absolute Gasteiger partial charge is 0.497 e. The molecule has 0 aromatic heterocycles. The SMILES string of the molecule is COc1ccc(N=C(c2ccc(C)cc2)C(F)F)cc1. The highest BCUT2D eigenvalue weighted by atomic mass is 19.3. The molecule has 0 radical (unpaired) electrons. The molecule has 0 atom stereocenters. The maximum Gasteiger partial charge on any atom is 0.280 e. The fourth-order valence-electron chi connectivity index (χ4n) is 1.76. The number of rotatable bonds is 4. The Morgan fingerprint density at radius 3 is 2.10 bits per heavy atom. The first-order valence-corrected chi connectivity index (χ1v) is 6.18. The van der Waals surface area contributed by atoms with E-state index in [9.17, 15) is 8.78 Å². The summed E-state index contributed by atoms with van der Waals surface area (Å²) in [7, 11) is 1.55. The van der Waals surface area contributed by atoms with E-state index in [0.29, 0.717) is 17.0 Å². The van der Waals surface area contributed by atoms with Crippen molar-refractivity contribution in [3.63, 3.8) is 0 Å². The van der Waals surface area contributed by atoms with Crippen LogP contribution in [-0.2, 0) is 0 Å². The number of aliphatic imine (C=N–C) groups is 1. The molecule has 0 amide bonds. The monoisotopic (exact) mass is 275 g/mol. The fourth-order valence-corrected chi connectivity index (χ4v) is 1.76. The van der Waals surface area contributed by atoms with Gasteiger partial charge in [0.25, 0.3) is 6.43 Å². The third kappa shape index (κ3) is 3.41. The molecule has 0 bridgehead atoms. The van der Waals surface area contributed by atoms with Crippen LogP contribution >= 0.6 is 0 Å². The molecule has 0 unspecified atom stereocenters. The van der Waals surface area contributed by atoms with Gasteiger partial charge in [-0.2, -0.15) is 0 Å². The minimum atomic E-state index is -2.63. The van der Waals surface area contributed by atoms with E-state index in [1.54, 1.807) is 55.6 Å². The summed E-state index contributed by atoms with van der Waals surface area (Å²) in [6.45, 7) is 1.91. The van der Waals surface area contributed by atoms with Crippen LogP contribution in [0.4, 0.5) is 14.5 Å². The number of methoxy groups -OCH3 is 1. The zero-order valence-corrected chi connectivity index (χ0v) is 11.3. The molecule has 0 aliphatic heterocycles. The van der Waals surface area contributed by atoms with E-state index in [1.807, 2.05) is 6.92 Å². The molecule has 0 saturated carbocycles. The van der Waals surface area contributed by atoms with Gasteiger partial charge in [0.2, 0.25) is 0 Å². The predicted molar refractivity (Wildman–Crippen MR) is 76.4 cm³/mol. The van der Waals surface area contributed by atoms with Crippen LogP contribution in [0.25, 0.3) is 0 Å². The van der Waals surface area contributed by atoms with Crippen LogP contribution < -0.4 is 4.74 Å². The summed E-state index contributed by atoms with van der Waals surface area (Å²) >= 11 is 0. The standard InChI is InChI=1S/C16H15F2NO/c1-11-3-5-12(6-4-11)15(16(17)18)19-13-7-9-14(20-2)10-8-13/h3-10,16H,1-2H3. The highest BCUT2D eigenvalue weighted by molar-refractivity contribution is 6.04. The molecule has 0 N–H and O–H groups in total. The average molecular weight is 275 g/mol. The number of benzene rings is 2. The Morgan fingerprint density at radius 2 is 1.60 bits per heavy atom. The van der Waals surface area contributed by atoms with Crippen LogP contribution in [0.2, 0.25) is 0 Å². The maximum absolute atomic E-state index is 13.2. The molecular formula is C16H15F2NO. The third-order valence-electron chi connectivity index (χ3n) is 2.88. The van der Waals surface area contributed by atoms with Crippen molar-refractivity contribution in [2.24, 2.45) is 4.99 Å². The van der Waals surface area contributed by atoms with Crippen molar-refractivity contribution in [3.05, 3.63) is 59.7 Å². The van der Waals surface area contributed by atoms with Crippen LogP contribution in [0.15, 0.2) is 53.5 Å². The molecule has 0 spiro atoms. The van der Waals surface area contributed by atoms with Gasteiger partial charge in [-0.15, -0.1) is 0 Å². The number of halogens is 2. The van der Waals surface area contributed by atoms with E-state index >= 15 is 0 Å². The summed E-state index contributed by atoms with van der Waals surface area (Å²) in [5.74, 6) is 0.665. The first kappa shape index (κ1) is 14.2. The number of hydrogen-bond donors (Lipinski definition) is 0. The fraction of sp³-hybridized carbons (Fsp3) is 0.188. The zero-order valence-electron chi connectivity index (χ0n) is 11.3. The van der Waals surface area contributed by atoms with Crippen molar-refractivity contribution in [2.75, 3.05) is 7.11 Å². The van der Waals surface area contributed by atoms with Crippen LogP contribution in [-0.4, -0.2) is 19.2 Å². The highest BCUT2D eigenvalue weighted by Crippen LogP contribution is 2.21. The second-order valence-corrected chi connectivity index (χ2v) is 4.36. The van der Waals surface area contributed by atoms with Gasteiger partial charge in [-0.1, -0.05) is 29.8 Å². The smallest absolute Gasteiger partial charge is 0.280 e. The summed E-state index contributed by atoms with van der Waals surface area (Å²) in [5, 5.41) is 0. The Kier molecular flexibility index (Phi) is 4.45. The van der Waals surface area contributed by atoms with E-state index in [2.05, 4.69) is 4.99 Å². The Morgan fingerprint density at radius 1 is 1.00 bits per heavy atom. The van der Waals surface area contributed by atoms with Gasteiger partial charge >= 0.3 is 0 Å². The van der Waals surface area contributed by atoms with Gasteiger partial charge < -0.3 is 4.74 Å². The van der Waals surface area contributed by atoms with Crippen LogP contribution in [0.3, 0.4) is 0 Å². The molecule has 0 aliphatic rings. The molecule has 2 nitrogen and oxygen atoms in total. The molecule has 104 valence electrons. The van der Waals surface area contributed by atoms with Crippen molar-refractivity contribution in [3.8, 4) is 5.75 Å². The van der Waals surface area contributed by atoms with Crippen molar-refractivity contribution < 1.29 is 13.5 Å². The number of hydrogen-bond acceptors (Lipinski definition) is 2. The van der Waals surface area contributed by atoms with Crippen LogP contribution in [0.1, 0.15) is 11.1 Å². The van der Waals surface area contributed by atoms with Gasteiger partial charge in [-0.25, -0.2) is 13.8 Å². The molecule has 2 aromatic carbocycles. The first-order chi connectivity index (χ1) is 9.60. The van der Waals surface area contributed by atoms with Gasteiger partial charge in [-0.05, 0) is 31.2 Å². The molecule has 4 heteroatoms. The number of ether oxygens (including phenoxy) is 1. The third-order valence-corrected chi connectivity index (χ3v) is 2.88. The summed E-state index contributed by atoms with van der Waals surface area (Å²) < 4.78 is 31.3.